The maximum atomic E-state index is 13.3. The van der Waals surface area contributed by atoms with E-state index in [0.29, 0.717) is 17.1 Å². The van der Waals surface area contributed by atoms with E-state index < -0.39 is 15.6 Å². The summed E-state index contributed by atoms with van der Waals surface area (Å²) in [5.41, 5.74) is 0.480. The lowest BCUT2D eigenvalue weighted by Crippen LogP contribution is -2.23. The van der Waals surface area contributed by atoms with E-state index in [-0.39, 0.29) is 11.8 Å². The molecule has 4 aromatic rings. The number of alkyl halides is 3. The molecule has 216 valence electrons. The molecule has 1 unspecified atom stereocenters. The number of benzene rings is 2. The first-order valence-corrected chi connectivity index (χ1v) is 14.1. The van der Waals surface area contributed by atoms with Crippen molar-refractivity contribution >= 4 is 54.9 Å². The van der Waals surface area contributed by atoms with Crippen LogP contribution in [0.5, 0.6) is 0 Å². The number of aromatic nitrogens is 2. The predicted octanol–water partition coefficient (Wildman–Crippen LogP) is 3.83. The van der Waals surface area contributed by atoms with Gasteiger partial charge in [0.15, 0.2) is 0 Å². The number of rotatable bonds is 4. The van der Waals surface area contributed by atoms with Gasteiger partial charge in [-0.3, -0.25) is 19.5 Å². The SMILES string of the molecule is CN(C)CC1Cc2c(C3=C(c4cn(C)c5ccccc45)C(=O)NC3=O)c3ccccc3n2C1.O=S(=O)(O)C(F)(F)F. The third kappa shape index (κ3) is 5.04. The van der Waals surface area contributed by atoms with Crippen molar-refractivity contribution in [2.24, 2.45) is 13.0 Å². The lowest BCUT2D eigenvalue weighted by molar-refractivity contribution is -0.122. The molecule has 2 aromatic heterocycles. The van der Waals surface area contributed by atoms with Gasteiger partial charge in [-0.25, -0.2) is 0 Å². The molecular formula is C28H27F3N4O5S. The molecule has 13 heteroatoms. The fourth-order valence-electron chi connectivity index (χ4n) is 5.78. The Kier molecular flexibility index (Phi) is 7.08. The Morgan fingerprint density at radius 3 is 2.15 bits per heavy atom. The highest BCUT2D eigenvalue weighted by Crippen LogP contribution is 2.43. The number of nitrogens with one attached hydrogen (secondary N) is 1. The van der Waals surface area contributed by atoms with Gasteiger partial charge in [-0.15, -0.1) is 0 Å². The second kappa shape index (κ2) is 10.2. The second-order valence-corrected chi connectivity index (χ2v) is 11.8. The number of carbonyl (C=O) groups excluding carboxylic acids is 2. The van der Waals surface area contributed by atoms with Crippen molar-refractivity contribution in [1.29, 1.82) is 0 Å². The van der Waals surface area contributed by atoms with Crippen molar-refractivity contribution in [3.63, 3.8) is 0 Å². The molecule has 2 N–H and O–H groups in total. The highest BCUT2D eigenvalue weighted by Gasteiger charge is 2.44. The summed E-state index contributed by atoms with van der Waals surface area (Å²) < 4.78 is 61.9. The Labute approximate surface area is 233 Å². The Hall–Kier alpha value is -3.94. The zero-order valence-electron chi connectivity index (χ0n) is 22.4. The maximum Gasteiger partial charge on any atom is 0.522 e. The first kappa shape index (κ1) is 28.6. The number of aryl methyl sites for hydroxylation is 1. The Morgan fingerprint density at radius 1 is 0.976 bits per heavy atom. The van der Waals surface area contributed by atoms with Gasteiger partial charge in [-0.1, -0.05) is 36.4 Å². The summed E-state index contributed by atoms with van der Waals surface area (Å²) in [5.74, 6) is -0.156. The molecular weight excluding hydrogens is 561 g/mol. The Morgan fingerprint density at radius 2 is 1.54 bits per heavy atom. The predicted molar refractivity (Wildman–Crippen MR) is 148 cm³/mol. The Bertz CT molecular complexity index is 1850. The number of fused-ring (bicyclic) bond motifs is 4. The van der Waals surface area contributed by atoms with Crippen LogP contribution in [0, 0.1) is 5.92 Å². The van der Waals surface area contributed by atoms with Gasteiger partial charge >= 0.3 is 15.6 Å². The molecule has 0 bridgehead atoms. The van der Waals surface area contributed by atoms with Gasteiger partial charge in [0.05, 0.1) is 11.1 Å². The summed E-state index contributed by atoms with van der Waals surface area (Å²) in [4.78, 5) is 28.7. The average molecular weight is 589 g/mol. The fourth-order valence-corrected chi connectivity index (χ4v) is 5.78. The quantitative estimate of drug-likeness (QED) is 0.213. The smallest absolute Gasteiger partial charge is 0.350 e. The van der Waals surface area contributed by atoms with Crippen LogP contribution in [0.15, 0.2) is 54.7 Å². The molecule has 0 aliphatic carbocycles. The molecule has 9 nitrogen and oxygen atoms in total. The molecule has 6 rings (SSSR count). The third-order valence-electron chi connectivity index (χ3n) is 7.26. The van der Waals surface area contributed by atoms with Crippen molar-refractivity contribution in [1.82, 2.24) is 19.4 Å². The van der Waals surface area contributed by atoms with E-state index in [9.17, 15) is 22.8 Å². The molecule has 0 saturated carbocycles. The van der Waals surface area contributed by atoms with Crippen molar-refractivity contribution in [3.8, 4) is 0 Å². The number of hydrogen-bond acceptors (Lipinski definition) is 5. The number of imide groups is 1. The molecule has 0 saturated heterocycles. The average Bonchev–Trinajstić information content (AvgIpc) is 3.58. The minimum Gasteiger partial charge on any atom is -0.350 e. The van der Waals surface area contributed by atoms with Crippen LogP contribution in [0.1, 0.15) is 16.8 Å². The number of nitrogens with zero attached hydrogens (tertiary/aromatic N) is 3. The normalized spacial score (nSPS) is 17.4. The Balaban J connectivity index is 0.000000372. The van der Waals surface area contributed by atoms with Crippen molar-refractivity contribution < 1.29 is 35.7 Å². The minimum atomic E-state index is -5.84. The highest BCUT2D eigenvalue weighted by molar-refractivity contribution is 7.86. The molecule has 2 aliphatic rings. The lowest BCUT2D eigenvalue weighted by atomic mass is 9.92. The zero-order valence-corrected chi connectivity index (χ0v) is 23.2. The van der Waals surface area contributed by atoms with Gasteiger partial charge in [0.2, 0.25) is 0 Å². The number of hydrogen-bond donors (Lipinski definition) is 2. The van der Waals surface area contributed by atoms with Crippen LogP contribution in [-0.2, 0) is 39.7 Å². The van der Waals surface area contributed by atoms with Crippen molar-refractivity contribution in [3.05, 3.63) is 71.5 Å². The lowest BCUT2D eigenvalue weighted by Gasteiger charge is -2.15. The summed E-state index contributed by atoms with van der Waals surface area (Å²) in [7, 11) is 0.318. The summed E-state index contributed by atoms with van der Waals surface area (Å²) >= 11 is 0. The summed E-state index contributed by atoms with van der Waals surface area (Å²) in [6, 6.07) is 16.2. The maximum absolute atomic E-state index is 13.3. The highest BCUT2D eigenvalue weighted by atomic mass is 32.2. The molecule has 2 amide bonds. The molecule has 2 aliphatic heterocycles. The molecule has 4 heterocycles. The topological polar surface area (TPSA) is 114 Å². The van der Waals surface area contributed by atoms with E-state index in [1.54, 1.807) is 0 Å². The van der Waals surface area contributed by atoms with Gasteiger partial charge in [0, 0.05) is 65.0 Å². The van der Waals surface area contributed by atoms with Gasteiger partial charge in [0.25, 0.3) is 11.8 Å². The molecule has 1 atom stereocenters. The second-order valence-electron chi connectivity index (χ2n) is 10.4. The van der Waals surface area contributed by atoms with Crippen LogP contribution < -0.4 is 5.32 Å². The van der Waals surface area contributed by atoms with E-state index in [0.717, 1.165) is 58.1 Å². The molecule has 41 heavy (non-hydrogen) atoms. The van der Waals surface area contributed by atoms with E-state index >= 15 is 0 Å². The number of para-hydroxylation sites is 2. The van der Waals surface area contributed by atoms with E-state index in [1.165, 1.54) is 0 Å². The van der Waals surface area contributed by atoms with Crippen molar-refractivity contribution in [2.45, 2.75) is 18.5 Å². The van der Waals surface area contributed by atoms with Crippen LogP contribution in [-0.4, -0.2) is 65.0 Å². The van der Waals surface area contributed by atoms with E-state index in [1.807, 2.05) is 54.2 Å². The van der Waals surface area contributed by atoms with Crippen LogP contribution in [0.2, 0.25) is 0 Å². The molecule has 0 radical (unpaired) electrons. The monoisotopic (exact) mass is 588 g/mol. The van der Waals surface area contributed by atoms with E-state index in [4.69, 9.17) is 13.0 Å². The molecule has 2 aromatic carbocycles. The largest absolute Gasteiger partial charge is 0.522 e. The van der Waals surface area contributed by atoms with Crippen LogP contribution >= 0.6 is 0 Å². The summed E-state index contributed by atoms with van der Waals surface area (Å²) in [5, 5.41) is 4.61. The van der Waals surface area contributed by atoms with E-state index in [2.05, 4.69) is 41.0 Å². The van der Waals surface area contributed by atoms with Gasteiger partial charge in [-0.05, 0) is 38.6 Å². The fraction of sp³-hybridized carbons (Fsp3) is 0.286. The van der Waals surface area contributed by atoms with Crippen LogP contribution in [0.25, 0.3) is 33.0 Å². The number of carbonyl (C=O) groups is 2. The summed E-state index contributed by atoms with van der Waals surface area (Å²) in [6.45, 7) is 1.90. The number of halogens is 3. The first-order valence-electron chi connectivity index (χ1n) is 12.6. The standard InChI is InChI=1S/C27H26N4O2.CHF3O3S/c1-29(2)13-16-12-22-23(18-9-5-7-11-21(18)31(22)14-16)25-24(26(32)28-27(25)33)19-15-30(3)20-10-6-4-8-17(19)20;2-1(3,4)8(5,6)7/h4-11,15-16H,12-14H2,1-3H3,(H,28,32,33);(H,5,6,7). The van der Waals surface area contributed by atoms with Gasteiger partial charge in [0.1, 0.15) is 0 Å². The van der Waals surface area contributed by atoms with Gasteiger partial charge in [-0.2, -0.15) is 21.6 Å². The van der Waals surface area contributed by atoms with Crippen molar-refractivity contribution in [2.75, 3.05) is 20.6 Å². The molecule has 0 fully saturated rings. The first-order chi connectivity index (χ1) is 19.2. The minimum absolute atomic E-state index is 0.307. The molecule has 0 spiro atoms. The van der Waals surface area contributed by atoms with Gasteiger partial charge < -0.3 is 14.0 Å². The van der Waals surface area contributed by atoms with Crippen LogP contribution in [0.4, 0.5) is 13.2 Å². The third-order valence-corrected chi connectivity index (χ3v) is 7.85. The zero-order chi connectivity index (χ0) is 29.9. The summed E-state index contributed by atoms with van der Waals surface area (Å²) in [6.07, 6.45) is 2.85. The number of amides is 2. The van der Waals surface area contributed by atoms with Crippen LogP contribution in [0.3, 0.4) is 0 Å².